The molecule has 0 aliphatic rings. The van der Waals surface area contributed by atoms with Crippen molar-refractivity contribution in [3.05, 3.63) is 62.8 Å². The molecule has 5 aromatic rings. The zero-order chi connectivity index (χ0) is 22.2. The molecule has 162 valence electrons. The SMILES string of the molecule is COc1ccc(C)cc1-n1nnnc1S[C@@H](C)c1nc2scc(-c3cccs3)c2c(=O)[nH]1. The number of H-pyrrole nitrogens is 1. The van der Waals surface area contributed by atoms with E-state index < -0.39 is 0 Å². The van der Waals surface area contributed by atoms with E-state index in [1.54, 1.807) is 23.1 Å². The van der Waals surface area contributed by atoms with Gasteiger partial charge in [0.15, 0.2) is 0 Å². The molecule has 1 N–H and O–H groups in total. The van der Waals surface area contributed by atoms with Crippen LogP contribution in [0.2, 0.25) is 0 Å². The van der Waals surface area contributed by atoms with E-state index >= 15 is 0 Å². The number of aromatic amines is 1. The largest absolute Gasteiger partial charge is 0.494 e. The number of fused-ring (bicyclic) bond motifs is 1. The number of thiophene rings is 2. The van der Waals surface area contributed by atoms with Gasteiger partial charge in [0.25, 0.3) is 5.56 Å². The van der Waals surface area contributed by atoms with Crippen LogP contribution in [0.25, 0.3) is 26.3 Å². The molecular formula is C21H18N6O2S3. The average Bonchev–Trinajstić information content (AvgIpc) is 3.54. The third kappa shape index (κ3) is 3.72. The summed E-state index contributed by atoms with van der Waals surface area (Å²) in [7, 11) is 1.61. The summed E-state index contributed by atoms with van der Waals surface area (Å²) in [6, 6.07) is 9.81. The van der Waals surface area contributed by atoms with Gasteiger partial charge in [-0.05, 0) is 53.4 Å². The summed E-state index contributed by atoms with van der Waals surface area (Å²) in [5.41, 5.74) is 2.61. The van der Waals surface area contributed by atoms with Gasteiger partial charge in [0, 0.05) is 15.8 Å². The first-order valence-corrected chi connectivity index (χ1v) is 12.3. The van der Waals surface area contributed by atoms with Crippen molar-refractivity contribution in [3.63, 3.8) is 0 Å². The zero-order valence-electron chi connectivity index (χ0n) is 17.4. The minimum Gasteiger partial charge on any atom is -0.494 e. The quantitative estimate of drug-likeness (QED) is 0.345. The lowest BCUT2D eigenvalue weighted by atomic mass is 10.2. The van der Waals surface area contributed by atoms with E-state index in [-0.39, 0.29) is 10.8 Å². The van der Waals surface area contributed by atoms with Crippen molar-refractivity contribution < 1.29 is 4.74 Å². The lowest BCUT2D eigenvalue weighted by Crippen LogP contribution is -2.12. The summed E-state index contributed by atoms with van der Waals surface area (Å²) in [5, 5.41) is 17.2. The second kappa shape index (κ2) is 8.49. The third-order valence-electron chi connectivity index (χ3n) is 4.92. The standard InChI is InChI=1S/C21H18N6O2S3/c1-11-6-7-15(29-3)14(9-11)27-21(24-25-26-27)32-12(2)18-22-19(28)17-13(10-31-20(17)23-18)16-5-4-8-30-16/h4-10,12H,1-3H3,(H,22,23,28)/t12-/m0/s1. The fraction of sp³-hybridized carbons (Fsp3) is 0.190. The van der Waals surface area contributed by atoms with Gasteiger partial charge >= 0.3 is 0 Å². The summed E-state index contributed by atoms with van der Waals surface area (Å²) in [6.07, 6.45) is 0. The second-order valence-corrected chi connectivity index (χ2v) is 10.2. The molecule has 0 saturated heterocycles. The van der Waals surface area contributed by atoms with Gasteiger partial charge in [-0.25, -0.2) is 4.98 Å². The summed E-state index contributed by atoms with van der Waals surface area (Å²) < 4.78 is 7.12. The van der Waals surface area contributed by atoms with Crippen molar-refractivity contribution >= 4 is 44.7 Å². The van der Waals surface area contributed by atoms with Crippen molar-refractivity contribution in [2.24, 2.45) is 0 Å². The maximum atomic E-state index is 12.9. The molecule has 0 aliphatic heterocycles. The number of thioether (sulfide) groups is 1. The van der Waals surface area contributed by atoms with E-state index in [0.717, 1.165) is 26.5 Å². The Morgan fingerprint density at radius 1 is 1.25 bits per heavy atom. The van der Waals surface area contributed by atoms with Crippen LogP contribution in [-0.4, -0.2) is 37.3 Å². The Morgan fingerprint density at radius 2 is 2.12 bits per heavy atom. The van der Waals surface area contributed by atoms with Crippen LogP contribution in [0.5, 0.6) is 5.75 Å². The van der Waals surface area contributed by atoms with Crippen LogP contribution < -0.4 is 10.3 Å². The monoisotopic (exact) mass is 482 g/mol. The number of aromatic nitrogens is 6. The predicted molar refractivity (Wildman–Crippen MR) is 128 cm³/mol. The number of methoxy groups -OCH3 is 1. The van der Waals surface area contributed by atoms with E-state index in [1.807, 2.05) is 54.9 Å². The van der Waals surface area contributed by atoms with Crippen LogP contribution in [0.1, 0.15) is 23.6 Å². The van der Waals surface area contributed by atoms with Crippen molar-refractivity contribution in [2.75, 3.05) is 7.11 Å². The van der Waals surface area contributed by atoms with E-state index in [9.17, 15) is 4.79 Å². The van der Waals surface area contributed by atoms with E-state index in [2.05, 4.69) is 20.5 Å². The molecule has 0 bridgehead atoms. The summed E-state index contributed by atoms with van der Waals surface area (Å²) in [6.45, 7) is 3.97. The lowest BCUT2D eigenvalue weighted by molar-refractivity contribution is 0.410. The number of hydrogen-bond acceptors (Lipinski definition) is 9. The molecule has 4 heterocycles. The molecule has 1 atom stereocenters. The Hall–Kier alpha value is -3.02. The maximum absolute atomic E-state index is 12.9. The third-order valence-corrected chi connectivity index (χ3v) is 7.74. The zero-order valence-corrected chi connectivity index (χ0v) is 19.8. The molecule has 0 unspecified atom stereocenters. The molecular weight excluding hydrogens is 464 g/mol. The van der Waals surface area contributed by atoms with Gasteiger partial charge < -0.3 is 9.72 Å². The minimum absolute atomic E-state index is 0.137. The Labute approximate surface area is 195 Å². The highest BCUT2D eigenvalue weighted by molar-refractivity contribution is 7.99. The van der Waals surface area contributed by atoms with Crippen LogP contribution in [-0.2, 0) is 0 Å². The van der Waals surface area contributed by atoms with Gasteiger partial charge in [-0.2, -0.15) is 4.68 Å². The van der Waals surface area contributed by atoms with Crippen LogP contribution in [0.3, 0.4) is 0 Å². The van der Waals surface area contributed by atoms with Crippen molar-refractivity contribution in [1.29, 1.82) is 0 Å². The minimum atomic E-state index is -0.181. The van der Waals surface area contributed by atoms with Gasteiger partial charge in [-0.1, -0.05) is 23.9 Å². The number of rotatable bonds is 6. The highest BCUT2D eigenvalue weighted by atomic mass is 32.2. The van der Waals surface area contributed by atoms with Crippen molar-refractivity contribution in [1.82, 2.24) is 30.2 Å². The topological polar surface area (TPSA) is 98.6 Å². The number of hydrogen-bond donors (Lipinski definition) is 1. The molecule has 1 aromatic carbocycles. The number of aryl methyl sites for hydroxylation is 1. The van der Waals surface area contributed by atoms with Crippen LogP contribution in [0.15, 0.2) is 51.0 Å². The molecule has 11 heteroatoms. The number of tetrazole rings is 1. The second-order valence-electron chi connectivity index (χ2n) is 7.07. The van der Waals surface area contributed by atoms with Gasteiger partial charge in [0.1, 0.15) is 22.1 Å². The molecule has 4 aromatic heterocycles. The molecule has 0 fully saturated rings. The van der Waals surface area contributed by atoms with Gasteiger partial charge in [-0.3, -0.25) is 4.79 Å². The van der Waals surface area contributed by atoms with Gasteiger partial charge in [0.2, 0.25) is 5.16 Å². The Morgan fingerprint density at radius 3 is 2.91 bits per heavy atom. The van der Waals surface area contributed by atoms with Crippen molar-refractivity contribution in [2.45, 2.75) is 24.3 Å². The van der Waals surface area contributed by atoms with Crippen LogP contribution in [0.4, 0.5) is 0 Å². The highest BCUT2D eigenvalue weighted by Crippen LogP contribution is 2.37. The molecule has 0 aliphatic carbocycles. The molecule has 32 heavy (non-hydrogen) atoms. The number of benzene rings is 1. The van der Waals surface area contributed by atoms with Gasteiger partial charge in [-0.15, -0.1) is 27.8 Å². The lowest BCUT2D eigenvalue weighted by Gasteiger charge is -2.13. The average molecular weight is 483 g/mol. The maximum Gasteiger partial charge on any atom is 0.260 e. The summed E-state index contributed by atoms with van der Waals surface area (Å²) in [5.74, 6) is 1.25. The van der Waals surface area contributed by atoms with E-state index in [1.165, 1.54) is 23.1 Å². The molecule has 5 rings (SSSR count). The normalized spacial score (nSPS) is 12.3. The molecule has 8 nitrogen and oxygen atoms in total. The molecule has 0 spiro atoms. The first kappa shape index (κ1) is 20.9. The van der Waals surface area contributed by atoms with Crippen LogP contribution in [0, 0.1) is 6.92 Å². The first-order valence-electron chi connectivity index (χ1n) is 9.70. The fourth-order valence-electron chi connectivity index (χ4n) is 3.35. The number of ether oxygens (including phenoxy) is 1. The summed E-state index contributed by atoms with van der Waals surface area (Å²) in [4.78, 5) is 22.4. The summed E-state index contributed by atoms with van der Waals surface area (Å²) >= 11 is 4.50. The van der Waals surface area contributed by atoms with E-state index in [0.29, 0.717) is 22.1 Å². The fourth-order valence-corrected chi connectivity index (χ4v) is 5.98. The molecule has 0 radical (unpaired) electrons. The molecule has 0 saturated carbocycles. The van der Waals surface area contributed by atoms with Gasteiger partial charge in [0.05, 0.1) is 17.7 Å². The van der Waals surface area contributed by atoms with Crippen molar-refractivity contribution in [3.8, 4) is 21.9 Å². The predicted octanol–water partition coefficient (Wildman–Crippen LogP) is 4.86. The highest BCUT2D eigenvalue weighted by Gasteiger charge is 2.21. The number of nitrogens with one attached hydrogen (secondary N) is 1. The Balaban J connectivity index is 1.48. The van der Waals surface area contributed by atoms with Crippen LogP contribution >= 0.6 is 34.4 Å². The number of nitrogens with zero attached hydrogens (tertiary/aromatic N) is 5. The smallest absolute Gasteiger partial charge is 0.260 e. The Bertz CT molecular complexity index is 1450. The molecule has 0 amide bonds. The Kier molecular flexibility index (Phi) is 5.53. The van der Waals surface area contributed by atoms with E-state index in [4.69, 9.17) is 9.72 Å². The first-order chi connectivity index (χ1) is 15.5.